The summed E-state index contributed by atoms with van der Waals surface area (Å²) in [6.07, 6.45) is -1.52. The van der Waals surface area contributed by atoms with Crippen LogP contribution in [0.5, 0.6) is 0 Å². The number of carboxylic acids is 1. The van der Waals surface area contributed by atoms with Crippen molar-refractivity contribution < 1.29 is 29.3 Å². The van der Waals surface area contributed by atoms with E-state index in [2.05, 4.69) is 10.6 Å². The summed E-state index contributed by atoms with van der Waals surface area (Å²) < 4.78 is 5.43. The molecule has 8 nitrogen and oxygen atoms in total. The molecule has 0 saturated heterocycles. The van der Waals surface area contributed by atoms with E-state index in [-0.39, 0.29) is 19.1 Å². The molecule has 4 N–H and O–H groups in total. The normalized spacial score (nSPS) is 12.9. The van der Waals surface area contributed by atoms with Gasteiger partial charge in [0, 0.05) is 17.2 Å². The molecule has 34 heavy (non-hydrogen) atoms. The number of rotatable bonds is 8. The Morgan fingerprint density at radius 3 is 2.09 bits per heavy atom. The molecule has 0 aliphatic heterocycles. The first-order chi connectivity index (χ1) is 16.5. The van der Waals surface area contributed by atoms with Crippen molar-refractivity contribution in [3.8, 4) is 11.1 Å². The van der Waals surface area contributed by atoms with Crippen LogP contribution in [-0.2, 0) is 20.9 Å². The van der Waals surface area contributed by atoms with Gasteiger partial charge in [-0.05, 0) is 28.3 Å². The zero-order valence-corrected chi connectivity index (χ0v) is 18.2. The lowest BCUT2D eigenvalue weighted by atomic mass is 9.98. The zero-order valence-electron chi connectivity index (χ0n) is 18.2. The van der Waals surface area contributed by atoms with Crippen molar-refractivity contribution in [1.82, 2.24) is 5.32 Å². The maximum absolute atomic E-state index is 12.7. The molecule has 0 fully saturated rings. The third kappa shape index (κ3) is 4.92. The number of benzene rings is 3. The molecule has 1 atom stereocenters. The highest BCUT2D eigenvalue weighted by atomic mass is 16.5. The van der Waals surface area contributed by atoms with Crippen LogP contribution in [0.15, 0.2) is 72.8 Å². The summed E-state index contributed by atoms with van der Waals surface area (Å²) in [5, 5.41) is 23.6. The SMILES string of the molecule is O=C(O)CC(NC(=O)OCC1c2ccccc2-c2ccccc21)C(=O)Nc1ccccc1CO. The Balaban J connectivity index is 1.44. The molecule has 4 rings (SSSR count). The van der Waals surface area contributed by atoms with E-state index in [1.165, 1.54) is 0 Å². The molecule has 1 aliphatic rings. The summed E-state index contributed by atoms with van der Waals surface area (Å²) in [5.74, 6) is -2.15. The number of anilines is 1. The first-order valence-corrected chi connectivity index (χ1v) is 10.8. The molecule has 0 radical (unpaired) electrons. The summed E-state index contributed by atoms with van der Waals surface area (Å²) in [4.78, 5) is 36.6. The van der Waals surface area contributed by atoms with Crippen LogP contribution in [0.1, 0.15) is 29.0 Å². The minimum Gasteiger partial charge on any atom is -0.481 e. The first kappa shape index (κ1) is 23.0. The maximum atomic E-state index is 12.7. The van der Waals surface area contributed by atoms with Crippen LogP contribution in [0.3, 0.4) is 0 Å². The van der Waals surface area contributed by atoms with E-state index in [4.69, 9.17) is 4.74 Å². The minimum atomic E-state index is -1.36. The lowest BCUT2D eigenvalue weighted by Gasteiger charge is -2.19. The average Bonchev–Trinajstić information content (AvgIpc) is 3.16. The van der Waals surface area contributed by atoms with Crippen molar-refractivity contribution in [2.75, 3.05) is 11.9 Å². The number of alkyl carbamates (subject to hydrolysis) is 1. The molecular weight excluding hydrogens is 436 g/mol. The van der Waals surface area contributed by atoms with Crippen LogP contribution in [0.4, 0.5) is 10.5 Å². The largest absolute Gasteiger partial charge is 0.481 e. The predicted octanol–water partition coefficient (Wildman–Crippen LogP) is 3.50. The van der Waals surface area contributed by atoms with Gasteiger partial charge in [0.25, 0.3) is 0 Å². The Bertz CT molecular complexity index is 1180. The molecule has 3 aromatic rings. The lowest BCUT2D eigenvalue weighted by molar-refractivity contribution is -0.139. The van der Waals surface area contributed by atoms with E-state index >= 15 is 0 Å². The van der Waals surface area contributed by atoms with Crippen molar-refractivity contribution in [2.24, 2.45) is 0 Å². The van der Waals surface area contributed by atoms with E-state index in [1.54, 1.807) is 24.3 Å². The number of amides is 2. The number of nitrogens with one attached hydrogen (secondary N) is 2. The fourth-order valence-corrected chi connectivity index (χ4v) is 4.17. The third-order valence-electron chi connectivity index (χ3n) is 5.78. The molecular formula is C26H24N2O6. The van der Waals surface area contributed by atoms with Gasteiger partial charge in [-0.1, -0.05) is 66.7 Å². The fraction of sp³-hybridized carbons (Fsp3) is 0.192. The number of aliphatic hydroxyl groups is 1. The number of fused-ring (bicyclic) bond motifs is 3. The smallest absolute Gasteiger partial charge is 0.407 e. The highest BCUT2D eigenvalue weighted by Crippen LogP contribution is 2.44. The Kier molecular flexibility index (Phi) is 6.89. The summed E-state index contributed by atoms with van der Waals surface area (Å²) in [6, 6.07) is 21.0. The van der Waals surface area contributed by atoms with Crippen LogP contribution in [0, 0.1) is 0 Å². The Morgan fingerprint density at radius 2 is 1.47 bits per heavy atom. The molecule has 174 valence electrons. The number of para-hydroxylation sites is 1. The van der Waals surface area contributed by atoms with E-state index in [9.17, 15) is 24.6 Å². The molecule has 1 unspecified atom stereocenters. The molecule has 0 aromatic heterocycles. The van der Waals surface area contributed by atoms with Gasteiger partial charge < -0.3 is 25.6 Å². The Labute approximate surface area is 196 Å². The molecule has 1 aliphatic carbocycles. The van der Waals surface area contributed by atoms with Crippen LogP contribution in [-0.4, -0.2) is 40.8 Å². The average molecular weight is 460 g/mol. The van der Waals surface area contributed by atoms with Gasteiger partial charge in [0.05, 0.1) is 13.0 Å². The van der Waals surface area contributed by atoms with Crippen molar-refractivity contribution in [2.45, 2.75) is 25.0 Å². The highest BCUT2D eigenvalue weighted by Gasteiger charge is 2.30. The third-order valence-corrected chi connectivity index (χ3v) is 5.78. The van der Waals surface area contributed by atoms with Crippen LogP contribution in [0.25, 0.3) is 11.1 Å². The van der Waals surface area contributed by atoms with E-state index in [0.29, 0.717) is 11.3 Å². The predicted molar refractivity (Wildman–Crippen MR) is 125 cm³/mol. The van der Waals surface area contributed by atoms with Crippen LogP contribution in [0.2, 0.25) is 0 Å². The van der Waals surface area contributed by atoms with Crippen molar-refractivity contribution in [3.63, 3.8) is 0 Å². The summed E-state index contributed by atoms with van der Waals surface area (Å²) in [6.45, 7) is -0.269. The van der Waals surface area contributed by atoms with Gasteiger partial charge in [-0.2, -0.15) is 0 Å². The number of carbonyl (C=O) groups excluding carboxylic acids is 2. The molecule has 8 heteroatoms. The molecule has 0 bridgehead atoms. The fourth-order valence-electron chi connectivity index (χ4n) is 4.17. The second-order valence-electron chi connectivity index (χ2n) is 7.92. The van der Waals surface area contributed by atoms with Crippen LogP contribution >= 0.6 is 0 Å². The minimum absolute atomic E-state index is 0.0363. The second-order valence-corrected chi connectivity index (χ2v) is 7.92. The van der Waals surface area contributed by atoms with Gasteiger partial charge in [-0.15, -0.1) is 0 Å². The van der Waals surface area contributed by atoms with Gasteiger partial charge in [-0.25, -0.2) is 4.79 Å². The highest BCUT2D eigenvalue weighted by molar-refractivity contribution is 5.99. The zero-order chi connectivity index (χ0) is 24.1. The number of carboxylic acid groups (broad SMARTS) is 1. The number of ether oxygens (including phenoxy) is 1. The van der Waals surface area contributed by atoms with E-state index in [0.717, 1.165) is 22.3 Å². The Morgan fingerprint density at radius 1 is 0.882 bits per heavy atom. The topological polar surface area (TPSA) is 125 Å². The van der Waals surface area contributed by atoms with Gasteiger partial charge >= 0.3 is 12.1 Å². The Hall–Kier alpha value is -4.17. The standard InChI is InChI=1S/C26H24N2O6/c29-14-16-7-1-6-12-22(16)27-25(32)23(13-24(30)31)28-26(33)34-15-21-19-10-4-2-8-17(19)18-9-3-5-11-20(18)21/h1-12,21,23,29H,13-15H2,(H,27,32)(H,28,33)(H,30,31). The number of hydrogen-bond acceptors (Lipinski definition) is 5. The van der Waals surface area contributed by atoms with Gasteiger partial charge in [0.15, 0.2) is 0 Å². The number of hydrogen-bond donors (Lipinski definition) is 4. The number of carbonyl (C=O) groups is 3. The molecule has 0 spiro atoms. The molecule has 0 heterocycles. The van der Waals surface area contributed by atoms with Gasteiger partial charge in [-0.3, -0.25) is 9.59 Å². The molecule has 3 aromatic carbocycles. The van der Waals surface area contributed by atoms with Crippen molar-refractivity contribution >= 4 is 23.7 Å². The summed E-state index contributed by atoms with van der Waals surface area (Å²) >= 11 is 0. The van der Waals surface area contributed by atoms with Crippen LogP contribution < -0.4 is 10.6 Å². The maximum Gasteiger partial charge on any atom is 0.407 e. The number of aliphatic hydroxyl groups excluding tert-OH is 1. The molecule has 0 saturated carbocycles. The van der Waals surface area contributed by atoms with Gasteiger partial charge in [0.2, 0.25) is 5.91 Å². The quantitative estimate of drug-likeness (QED) is 0.408. The lowest BCUT2D eigenvalue weighted by Crippen LogP contribution is -2.45. The second kappa shape index (κ2) is 10.2. The van der Waals surface area contributed by atoms with Gasteiger partial charge in [0.1, 0.15) is 12.6 Å². The van der Waals surface area contributed by atoms with E-state index < -0.39 is 30.4 Å². The van der Waals surface area contributed by atoms with Crippen molar-refractivity contribution in [3.05, 3.63) is 89.5 Å². The van der Waals surface area contributed by atoms with E-state index in [1.807, 2.05) is 48.5 Å². The monoisotopic (exact) mass is 460 g/mol. The first-order valence-electron chi connectivity index (χ1n) is 10.8. The molecule has 2 amide bonds. The number of aliphatic carboxylic acids is 1. The summed E-state index contributed by atoms with van der Waals surface area (Å²) in [5.41, 5.74) is 5.04. The van der Waals surface area contributed by atoms with Crippen molar-refractivity contribution in [1.29, 1.82) is 0 Å². The summed E-state index contributed by atoms with van der Waals surface area (Å²) in [7, 11) is 0.